The summed E-state index contributed by atoms with van der Waals surface area (Å²) in [7, 11) is 0. The zero-order chi connectivity index (χ0) is 19.6. The number of nitro groups is 1. The van der Waals surface area contributed by atoms with Crippen molar-refractivity contribution in [3.05, 3.63) is 68.8 Å². The van der Waals surface area contributed by atoms with Gasteiger partial charge >= 0.3 is 6.18 Å². The molecular formula is C14H6F7N3O2. The fourth-order valence-electron chi connectivity index (χ4n) is 1.87. The summed E-state index contributed by atoms with van der Waals surface area (Å²) in [5, 5.41) is 13.8. The number of benzene rings is 2. The van der Waals surface area contributed by atoms with Crippen LogP contribution in [0.5, 0.6) is 0 Å². The molecule has 0 atom stereocenters. The second-order valence-electron chi connectivity index (χ2n) is 4.73. The lowest BCUT2D eigenvalue weighted by Gasteiger charge is -2.13. The van der Waals surface area contributed by atoms with Crippen molar-refractivity contribution in [3.63, 3.8) is 0 Å². The molecule has 0 heterocycles. The van der Waals surface area contributed by atoms with Crippen LogP contribution in [0.1, 0.15) is 11.1 Å². The molecule has 0 aromatic heterocycles. The lowest BCUT2D eigenvalue weighted by Crippen LogP contribution is -2.16. The van der Waals surface area contributed by atoms with Gasteiger partial charge in [-0.1, -0.05) is 12.1 Å². The molecule has 2 rings (SSSR count). The molecule has 2 aromatic rings. The van der Waals surface area contributed by atoms with E-state index in [-0.39, 0.29) is 11.3 Å². The predicted molar refractivity (Wildman–Crippen MR) is 75.6 cm³/mol. The number of hydrogen-bond donors (Lipinski definition) is 1. The first kappa shape index (κ1) is 19.1. The van der Waals surface area contributed by atoms with E-state index in [9.17, 15) is 40.8 Å². The Balaban J connectivity index is 2.36. The molecule has 138 valence electrons. The number of nitrogens with one attached hydrogen (secondary N) is 1. The van der Waals surface area contributed by atoms with Gasteiger partial charge in [0.15, 0.2) is 23.3 Å². The molecule has 0 saturated carbocycles. The van der Waals surface area contributed by atoms with Crippen LogP contribution >= 0.6 is 0 Å². The summed E-state index contributed by atoms with van der Waals surface area (Å²) in [5.41, 5.74) is -3.02. The molecule has 0 aliphatic heterocycles. The highest BCUT2D eigenvalue weighted by molar-refractivity contribution is 5.81. The van der Waals surface area contributed by atoms with Crippen LogP contribution in [-0.4, -0.2) is 11.1 Å². The Hall–Kier alpha value is -3.18. The van der Waals surface area contributed by atoms with Crippen LogP contribution in [0, 0.1) is 33.4 Å². The number of nitrogens with zero attached hydrogens (tertiary/aromatic N) is 2. The normalized spacial score (nSPS) is 11.8. The van der Waals surface area contributed by atoms with Crippen LogP contribution in [0.15, 0.2) is 29.4 Å². The lowest BCUT2D eigenvalue weighted by molar-refractivity contribution is -0.384. The summed E-state index contributed by atoms with van der Waals surface area (Å²) in [6, 6.07) is 4.73. The van der Waals surface area contributed by atoms with E-state index >= 15 is 0 Å². The topological polar surface area (TPSA) is 67.5 Å². The van der Waals surface area contributed by atoms with Gasteiger partial charge in [-0.2, -0.15) is 18.3 Å². The van der Waals surface area contributed by atoms with Gasteiger partial charge in [0.25, 0.3) is 5.69 Å². The van der Waals surface area contributed by atoms with Crippen molar-refractivity contribution < 1.29 is 35.7 Å². The molecule has 0 saturated heterocycles. The smallest absolute Gasteiger partial charge is 0.272 e. The van der Waals surface area contributed by atoms with Crippen LogP contribution in [-0.2, 0) is 6.18 Å². The summed E-state index contributed by atoms with van der Waals surface area (Å²) >= 11 is 0. The second kappa shape index (κ2) is 6.98. The maximum Gasteiger partial charge on any atom is 0.422 e. The summed E-state index contributed by atoms with van der Waals surface area (Å²) in [6.07, 6.45) is -4.85. The Morgan fingerprint density at radius 3 is 2.12 bits per heavy atom. The molecule has 0 spiro atoms. The Morgan fingerprint density at radius 1 is 1.04 bits per heavy atom. The van der Waals surface area contributed by atoms with Crippen molar-refractivity contribution in [2.24, 2.45) is 5.10 Å². The Morgan fingerprint density at radius 2 is 1.62 bits per heavy atom. The number of hydrazone groups is 1. The average Bonchev–Trinajstić information content (AvgIpc) is 2.55. The molecule has 0 unspecified atom stereocenters. The second-order valence-corrected chi connectivity index (χ2v) is 4.73. The number of rotatable bonds is 4. The summed E-state index contributed by atoms with van der Waals surface area (Å²) in [5.74, 6) is -9.92. The van der Waals surface area contributed by atoms with Crippen molar-refractivity contribution in [1.82, 2.24) is 0 Å². The third-order valence-electron chi connectivity index (χ3n) is 3.02. The molecule has 5 nitrogen and oxygen atoms in total. The maximum absolute atomic E-state index is 13.6. The molecule has 0 amide bonds. The fraction of sp³-hybridized carbons (Fsp3) is 0.0714. The van der Waals surface area contributed by atoms with E-state index in [2.05, 4.69) is 5.10 Å². The number of hydrogen-bond acceptors (Lipinski definition) is 4. The molecule has 0 aliphatic rings. The van der Waals surface area contributed by atoms with E-state index in [0.29, 0.717) is 0 Å². The standard InChI is InChI=1S/C14H6F7N3O2/c15-9-8(14(19,20)21)10(16)12(18)13(11(9)17)23-22-5-6-2-1-3-7(4-6)24(25)26/h1-5,23H/b22-5-. The van der Waals surface area contributed by atoms with Gasteiger partial charge in [-0.05, 0) is 0 Å². The Kier molecular flexibility index (Phi) is 5.14. The van der Waals surface area contributed by atoms with E-state index in [1.54, 1.807) is 5.43 Å². The van der Waals surface area contributed by atoms with Gasteiger partial charge in [0.05, 0.1) is 11.1 Å². The summed E-state index contributed by atoms with van der Waals surface area (Å²) in [6.45, 7) is 0. The van der Waals surface area contributed by atoms with Gasteiger partial charge in [-0.25, -0.2) is 17.6 Å². The number of halogens is 7. The molecular weight excluding hydrogens is 375 g/mol. The highest BCUT2D eigenvalue weighted by atomic mass is 19.4. The molecule has 0 bridgehead atoms. The Bertz CT molecular complexity index is 868. The molecule has 26 heavy (non-hydrogen) atoms. The van der Waals surface area contributed by atoms with E-state index in [1.807, 2.05) is 0 Å². The van der Waals surface area contributed by atoms with Crippen LogP contribution in [0.25, 0.3) is 0 Å². The van der Waals surface area contributed by atoms with Gasteiger partial charge in [-0.3, -0.25) is 15.5 Å². The zero-order valence-electron chi connectivity index (χ0n) is 12.2. The molecule has 1 N–H and O–H groups in total. The van der Waals surface area contributed by atoms with Crippen LogP contribution < -0.4 is 5.43 Å². The van der Waals surface area contributed by atoms with Crippen molar-refractivity contribution in [2.75, 3.05) is 5.43 Å². The van der Waals surface area contributed by atoms with Gasteiger partial charge < -0.3 is 0 Å². The highest BCUT2D eigenvalue weighted by Crippen LogP contribution is 2.38. The summed E-state index contributed by atoms with van der Waals surface area (Å²) in [4.78, 5) is 9.87. The molecule has 12 heteroatoms. The van der Waals surface area contributed by atoms with Crippen molar-refractivity contribution in [1.29, 1.82) is 0 Å². The van der Waals surface area contributed by atoms with Gasteiger partial charge in [0, 0.05) is 17.7 Å². The largest absolute Gasteiger partial charge is 0.422 e. The number of anilines is 1. The number of alkyl halides is 3. The van der Waals surface area contributed by atoms with Crippen molar-refractivity contribution in [3.8, 4) is 0 Å². The molecule has 0 aliphatic carbocycles. The third kappa shape index (κ3) is 3.73. The minimum absolute atomic E-state index is 0.0698. The first-order valence-corrected chi connectivity index (χ1v) is 6.50. The van der Waals surface area contributed by atoms with E-state index in [1.165, 1.54) is 12.1 Å². The van der Waals surface area contributed by atoms with E-state index in [4.69, 9.17) is 0 Å². The molecule has 2 aromatic carbocycles. The number of non-ortho nitro benzene ring substituents is 1. The van der Waals surface area contributed by atoms with Crippen LogP contribution in [0.2, 0.25) is 0 Å². The molecule has 0 radical (unpaired) electrons. The minimum Gasteiger partial charge on any atom is -0.272 e. The van der Waals surface area contributed by atoms with Crippen molar-refractivity contribution in [2.45, 2.75) is 6.18 Å². The van der Waals surface area contributed by atoms with E-state index in [0.717, 1.165) is 18.3 Å². The van der Waals surface area contributed by atoms with Crippen LogP contribution in [0.4, 0.5) is 42.1 Å². The van der Waals surface area contributed by atoms with Gasteiger partial charge in [-0.15, -0.1) is 0 Å². The van der Waals surface area contributed by atoms with Gasteiger partial charge in [0.2, 0.25) is 0 Å². The maximum atomic E-state index is 13.6. The van der Waals surface area contributed by atoms with Crippen molar-refractivity contribution >= 4 is 17.6 Å². The third-order valence-corrected chi connectivity index (χ3v) is 3.02. The first-order chi connectivity index (χ1) is 12.0. The highest BCUT2D eigenvalue weighted by Gasteiger charge is 2.42. The monoisotopic (exact) mass is 381 g/mol. The SMILES string of the molecule is O=[N+]([O-])c1cccc(/C=N\Nc2c(F)c(F)c(C(F)(F)F)c(F)c2F)c1. The minimum atomic E-state index is -5.65. The predicted octanol–water partition coefficient (Wildman–Crippen LogP) is 4.62. The quantitative estimate of drug-likeness (QED) is 0.276. The lowest BCUT2D eigenvalue weighted by atomic mass is 10.1. The zero-order valence-corrected chi connectivity index (χ0v) is 12.2. The van der Waals surface area contributed by atoms with Crippen LogP contribution in [0.3, 0.4) is 0 Å². The fourth-order valence-corrected chi connectivity index (χ4v) is 1.87. The molecule has 0 fully saturated rings. The Labute approximate surface area is 139 Å². The first-order valence-electron chi connectivity index (χ1n) is 6.50. The average molecular weight is 381 g/mol. The number of nitro benzene ring substituents is 1. The van der Waals surface area contributed by atoms with Gasteiger partial charge in [0.1, 0.15) is 11.3 Å². The van der Waals surface area contributed by atoms with E-state index < -0.39 is 45.6 Å². The summed E-state index contributed by atoms with van der Waals surface area (Å²) < 4.78 is 91.5.